The first-order chi connectivity index (χ1) is 15.6. The van der Waals surface area contributed by atoms with Crippen LogP contribution in [-0.2, 0) is 0 Å². The van der Waals surface area contributed by atoms with Gasteiger partial charge >= 0.3 is 0 Å². The molecule has 1 fully saturated rings. The van der Waals surface area contributed by atoms with E-state index in [2.05, 4.69) is 76.9 Å². The van der Waals surface area contributed by atoms with Gasteiger partial charge in [0, 0.05) is 49.9 Å². The lowest BCUT2D eigenvalue weighted by molar-refractivity contribution is 0.517. The van der Waals surface area contributed by atoms with Crippen molar-refractivity contribution in [2.75, 3.05) is 31.1 Å². The largest absolute Gasteiger partial charge is 0.384 e. The average Bonchev–Trinajstić information content (AvgIpc) is 3.30. The van der Waals surface area contributed by atoms with Gasteiger partial charge in [-0.15, -0.1) is 0 Å². The number of hydrogen-bond acceptors (Lipinski definition) is 4. The number of dihydropyridines is 1. The number of aliphatic imine (C=N–C) groups is 1. The smallest absolute Gasteiger partial charge is 0.126 e. The molecule has 1 aromatic rings. The van der Waals surface area contributed by atoms with Gasteiger partial charge in [-0.1, -0.05) is 55.5 Å². The number of nitrogens with two attached hydrogens (primary N) is 1. The Bertz CT molecular complexity index is 1060. The number of allylic oxidation sites excluding steroid dienone is 7. The van der Waals surface area contributed by atoms with Crippen molar-refractivity contribution in [1.82, 2.24) is 10.3 Å². The number of piperazine rings is 1. The van der Waals surface area contributed by atoms with Crippen LogP contribution in [-0.4, -0.2) is 49.3 Å². The number of aromatic amines is 1. The maximum absolute atomic E-state index is 8.11. The number of nitrogens with one attached hydrogen (secondary N) is 3. The molecule has 6 nitrogen and oxygen atoms in total. The van der Waals surface area contributed by atoms with E-state index in [9.17, 15) is 0 Å². The van der Waals surface area contributed by atoms with Crippen LogP contribution >= 0.6 is 0 Å². The molecule has 0 bridgehead atoms. The molecule has 0 radical (unpaired) electrons. The SMILES string of the molecule is CCC1C=CC(c2cc(C(=N)N)c(N3CCNCC3)[nH]2)=CC1C1=CC2C=CC=CC2N=C1. The molecule has 1 aromatic heterocycles. The summed E-state index contributed by atoms with van der Waals surface area (Å²) in [6.45, 7) is 5.94. The molecule has 32 heavy (non-hydrogen) atoms. The second-order valence-corrected chi connectivity index (χ2v) is 8.96. The highest BCUT2D eigenvalue weighted by Gasteiger charge is 2.28. The van der Waals surface area contributed by atoms with Crippen molar-refractivity contribution in [1.29, 1.82) is 5.41 Å². The van der Waals surface area contributed by atoms with E-state index < -0.39 is 0 Å². The Balaban J connectivity index is 1.48. The molecule has 0 saturated carbocycles. The van der Waals surface area contributed by atoms with Crippen molar-refractivity contribution in [2.45, 2.75) is 19.4 Å². The van der Waals surface area contributed by atoms with Crippen LogP contribution in [0.15, 0.2) is 65.2 Å². The summed E-state index contributed by atoms with van der Waals surface area (Å²) in [7, 11) is 0. The minimum Gasteiger partial charge on any atom is -0.384 e. The van der Waals surface area contributed by atoms with E-state index in [1.165, 1.54) is 5.57 Å². The Kier molecular flexibility index (Phi) is 5.70. The van der Waals surface area contributed by atoms with Crippen LogP contribution in [0, 0.1) is 23.2 Å². The number of anilines is 1. The number of rotatable bonds is 5. The molecular weight excluding hydrogens is 396 g/mol. The monoisotopic (exact) mass is 428 g/mol. The van der Waals surface area contributed by atoms with Gasteiger partial charge in [0.2, 0.25) is 0 Å². The van der Waals surface area contributed by atoms with Crippen molar-refractivity contribution < 1.29 is 0 Å². The molecule has 1 saturated heterocycles. The van der Waals surface area contributed by atoms with Crippen LogP contribution in [0.5, 0.6) is 0 Å². The molecule has 0 aromatic carbocycles. The summed E-state index contributed by atoms with van der Waals surface area (Å²) in [5.41, 5.74) is 10.2. The number of nitrogen functional groups attached to an aromatic ring is 1. The molecule has 0 amide bonds. The molecule has 6 heteroatoms. The second kappa shape index (κ2) is 8.79. The zero-order valence-electron chi connectivity index (χ0n) is 18.6. The van der Waals surface area contributed by atoms with Gasteiger partial charge in [0.1, 0.15) is 11.7 Å². The third-order valence-electron chi connectivity index (χ3n) is 6.96. The van der Waals surface area contributed by atoms with Crippen molar-refractivity contribution in [3.8, 4) is 0 Å². The van der Waals surface area contributed by atoms with E-state index in [4.69, 9.17) is 16.1 Å². The van der Waals surface area contributed by atoms with E-state index in [0.717, 1.165) is 55.2 Å². The minimum atomic E-state index is 0.106. The molecule has 4 aliphatic rings. The fraction of sp³-hybridized carbons (Fsp3) is 0.385. The lowest BCUT2D eigenvalue weighted by Gasteiger charge is -2.30. The van der Waals surface area contributed by atoms with Crippen LogP contribution in [0.4, 0.5) is 5.82 Å². The maximum Gasteiger partial charge on any atom is 0.126 e. The van der Waals surface area contributed by atoms with Crippen molar-refractivity contribution in [2.24, 2.45) is 28.5 Å². The van der Waals surface area contributed by atoms with Crippen LogP contribution in [0.1, 0.15) is 24.6 Å². The molecule has 4 unspecified atom stereocenters. The van der Waals surface area contributed by atoms with Crippen molar-refractivity contribution in [3.63, 3.8) is 0 Å². The van der Waals surface area contributed by atoms with Crippen molar-refractivity contribution >= 4 is 23.4 Å². The van der Waals surface area contributed by atoms with Gasteiger partial charge in [-0.2, -0.15) is 0 Å². The minimum absolute atomic E-state index is 0.106. The molecule has 5 rings (SSSR count). The number of fused-ring (bicyclic) bond motifs is 1. The first-order valence-electron chi connectivity index (χ1n) is 11.7. The third kappa shape index (κ3) is 3.91. The number of nitrogens with zero attached hydrogens (tertiary/aromatic N) is 2. The third-order valence-corrected chi connectivity index (χ3v) is 6.96. The van der Waals surface area contributed by atoms with E-state index in [-0.39, 0.29) is 17.8 Å². The molecule has 5 N–H and O–H groups in total. The average molecular weight is 429 g/mol. The quantitative estimate of drug-likeness (QED) is 0.428. The Morgan fingerprint density at radius 1 is 1.19 bits per heavy atom. The van der Waals surface area contributed by atoms with Gasteiger partial charge in [-0.3, -0.25) is 10.4 Å². The van der Waals surface area contributed by atoms with Gasteiger partial charge in [0.05, 0.1) is 11.6 Å². The van der Waals surface area contributed by atoms with Crippen LogP contribution in [0.2, 0.25) is 0 Å². The summed E-state index contributed by atoms with van der Waals surface area (Å²) < 4.78 is 0. The molecule has 2 aliphatic carbocycles. The number of amidine groups is 1. The number of hydrogen-bond donors (Lipinski definition) is 4. The summed E-state index contributed by atoms with van der Waals surface area (Å²) >= 11 is 0. The van der Waals surface area contributed by atoms with Crippen molar-refractivity contribution in [3.05, 3.63) is 71.5 Å². The number of H-pyrrole nitrogens is 1. The van der Waals surface area contributed by atoms with Crippen LogP contribution < -0.4 is 16.0 Å². The van der Waals surface area contributed by atoms with Gasteiger partial charge < -0.3 is 20.9 Å². The lowest BCUT2D eigenvalue weighted by Crippen LogP contribution is -2.44. The molecular formula is C26H32N6. The highest BCUT2D eigenvalue weighted by Crippen LogP contribution is 2.37. The van der Waals surface area contributed by atoms with E-state index >= 15 is 0 Å². The fourth-order valence-electron chi connectivity index (χ4n) is 5.13. The summed E-state index contributed by atoms with van der Waals surface area (Å²) in [6, 6.07) is 2.27. The number of aromatic nitrogens is 1. The van der Waals surface area contributed by atoms with E-state index in [1.807, 2.05) is 6.07 Å². The summed E-state index contributed by atoms with van der Waals surface area (Å²) in [4.78, 5) is 10.7. The van der Waals surface area contributed by atoms with Gasteiger partial charge in [0.25, 0.3) is 0 Å². The van der Waals surface area contributed by atoms with Gasteiger partial charge in [-0.05, 0) is 29.6 Å². The molecule has 166 valence electrons. The van der Waals surface area contributed by atoms with Gasteiger partial charge in [-0.25, -0.2) is 0 Å². The highest BCUT2D eigenvalue weighted by molar-refractivity contribution is 6.01. The Labute approximate surface area is 189 Å². The first kappa shape index (κ1) is 20.8. The highest BCUT2D eigenvalue weighted by atomic mass is 15.2. The molecule has 2 aliphatic heterocycles. The lowest BCUT2D eigenvalue weighted by atomic mass is 9.76. The van der Waals surface area contributed by atoms with E-state index in [1.54, 1.807) is 0 Å². The van der Waals surface area contributed by atoms with Gasteiger partial charge in [0.15, 0.2) is 0 Å². The fourth-order valence-corrected chi connectivity index (χ4v) is 5.13. The topological polar surface area (TPSA) is 93.3 Å². The Hall–Kier alpha value is -3.12. The molecule has 0 spiro atoms. The van der Waals surface area contributed by atoms with Crippen LogP contribution in [0.25, 0.3) is 5.57 Å². The molecule has 4 atom stereocenters. The van der Waals surface area contributed by atoms with Crippen LogP contribution in [0.3, 0.4) is 0 Å². The predicted octanol–water partition coefficient (Wildman–Crippen LogP) is 3.43. The standard InChI is InChI=1S/C26H32N6/c1-2-17-7-8-19(14-21(17)20-13-18-5-3-4-6-23(18)30-16-20)24-15-22(25(27)28)26(31-24)32-11-9-29-10-12-32/h3-8,13-18,21,23,29,31H,2,9-12H2,1H3,(H3,27,28). The summed E-state index contributed by atoms with van der Waals surface area (Å²) in [5.74, 6) is 2.14. The zero-order valence-corrected chi connectivity index (χ0v) is 18.6. The van der Waals surface area contributed by atoms with E-state index in [0.29, 0.717) is 11.8 Å². The zero-order chi connectivity index (χ0) is 22.1. The molecule has 3 heterocycles. The Morgan fingerprint density at radius 3 is 2.78 bits per heavy atom. The predicted molar refractivity (Wildman–Crippen MR) is 133 cm³/mol. The normalized spacial score (nSPS) is 29.0. The Morgan fingerprint density at radius 2 is 2.00 bits per heavy atom. The second-order valence-electron chi connectivity index (χ2n) is 8.96. The first-order valence-corrected chi connectivity index (χ1v) is 11.7. The summed E-state index contributed by atoms with van der Waals surface area (Å²) in [5, 5.41) is 11.5. The maximum atomic E-state index is 8.11. The summed E-state index contributed by atoms with van der Waals surface area (Å²) in [6.07, 6.45) is 21.1.